The van der Waals surface area contributed by atoms with Gasteiger partial charge in [0.1, 0.15) is 11.5 Å². The number of rotatable bonds is 4. The zero-order valence-electron chi connectivity index (χ0n) is 16.5. The van der Waals surface area contributed by atoms with Crippen LogP contribution in [0.3, 0.4) is 0 Å². The Kier molecular flexibility index (Phi) is 5.18. The van der Waals surface area contributed by atoms with Crippen LogP contribution >= 0.6 is 0 Å². The first-order valence-corrected chi connectivity index (χ1v) is 9.51. The minimum atomic E-state index is -0.356. The van der Waals surface area contributed by atoms with E-state index in [4.69, 9.17) is 4.74 Å². The summed E-state index contributed by atoms with van der Waals surface area (Å²) in [4.78, 5) is 32.5. The molecule has 0 aliphatic carbocycles. The van der Waals surface area contributed by atoms with Gasteiger partial charge >= 0.3 is 0 Å². The summed E-state index contributed by atoms with van der Waals surface area (Å²) in [6.07, 6.45) is 1.66. The second kappa shape index (κ2) is 7.92. The first-order chi connectivity index (χ1) is 14.1. The summed E-state index contributed by atoms with van der Waals surface area (Å²) < 4.78 is 8.66. The van der Waals surface area contributed by atoms with E-state index in [2.05, 4.69) is 10.3 Å². The monoisotopic (exact) mass is 393 g/mol. The molecule has 2 aromatic heterocycles. The maximum absolute atomic E-state index is 13.1. The molecule has 0 atom stereocenters. The van der Waals surface area contributed by atoms with Crippen molar-refractivity contribution in [2.75, 3.05) is 36.5 Å². The van der Waals surface area contributed by atoms with E-state index >= 15 is 0 Å². The van der Waals surface area contributed by atoms with Crippen molar-refractivity contribution in [3.05, 3.63) is 70.3 Å². The fraction of sp³-hybridized carbons (Fsp3) is 0.286. The lowest BCUT2D eigenvalue weighted by molar-refractivity contribution is 0.102. The normalized spacial score (nSPS) is 14.1. The van der Waals surface area contributed by atoms with Crippen LogP contribution < -0.4 is 15.8 Å². The lowest BCUT2D eigenvalue weighted by atomic mass is 10.2. The van der Waals surface area contributed by atoms with Gasteiger partial charge in [0, 0.05) is 26.3 Å². The van der Waals surface area contributed by atoms with E-state index in [1.165, 1.54) is 4.68 Å². The molecule has 1 N–H and O–H groups in total. The Labute approximate surface area is 168 Å². The molecule has 150 valence electrons. The number of nitrogens with zero attached hydrogens (tertiary/aromatic N) is 4. The Hall–Kier alpha value is -3.39. The number of pyridine rings is 1. The van der Waals surface area contributed by atoms with Crippen molar-refractivity contribution < 1.29 is 9.53 Å². The Morgan fingerprint density at radius 1 is 1.10 bits per heavy atom. The third-order valence-electron chi connectivity index (χ3n) is 5.13. The Morgan fingerprint density at radius 2 is 1.83 bits per heavy atom. The molecule has 0 spiro atoms. The number of amides is 1. The van der Waals surface area contributed by atoms with Crippen molar-refractivity contribution in [1.29, 1.82) is 0 Å². The molecule has 8 nitrogen and oxygen atoms in total. The van der Waals surface area contributed by atoms with Crippen LogP contribution in [0.15, 0.2) is 53.5 Å². The van der Waals surface area contributed by atoms with E-state index < -0.39 is 0 Å². The Balaban J connectivity index is 1.68. The maximum Gasteiger partial charge on any atom is 0.295 e. The number of nitrogens with one attached hydrogen (secondary N) is 1. The van der Waals surface area contributed by atoms with Gasteiger partial charge in [-0.25, -0.2) is 9.67 Å². The van der Waals surface area contributed by atoms with Crippen molar-refractivity contribution >= 4 is 17.4 Å². The molecule has 0 saturated carbocycles. The second-order valence-electron chi connectivity index (χ2n) is 6.86. The lowest BCUT2D eigenvalue weighted by Gasteiger charge is -2.29. The topological polar surface area (TPSA) is 81.4 Å². The summed E-state index contributed by atoms with van der Waals surface area (Å²) in [5.41, 5.74) is 1.82. The van der Waals surface area contributed by atoms with Gasteiger partial charge in [0.25, 0.3) is 11.5 Å². The molecule has 3 heterocycles. The molecule has 3 aromatic rings. The predicted molar refractivity (Wildman–Crippen MR) is 111 cm³/mol. The first-order valence-electron chi connectivity index (χ1n) is 9.51. The largest absolute Gasteiger partial charge is 0.378 e. The molecule has 0 radical (unpaired) electrons. The summed E-state index contributed by atoms with van der Waals surface area (Å²) in [6.45, 7) is 4.34. The first kappa shape index (κ1) is 18.9. The van der Waals surface area contributed by atoms with E-state index in [0.717, 1.165) is 5.69 Å². The number of carbonyl (C=O) groups excluding carboxylic acids is 1. The summed E-state index contributed by atoms with van der Waals surface area (Å²) in [6, 6.07) is 12.8. The van der Waals surface area contributed by atoms with Crippen molar-refractivity contribution in [3.63, 3.8) is 0 Å². The number of ether oxygens (including phenoxy) is 1. The van der Waals surface area contributed by atoms with Crippen LogP contribution in [0.1, 0.15) is 16.1 Å². The van der Waals surface area contributed by atoms with Gasteiger partial charge in [0.2, 0.25) is 0 Å². The molecular weight excluding hydrogens is 370 g/mol. The van der Waals surface area contributed by atoms with Gasteiger partial charge in [-0.05, 0) is 31.2 Å². The van der Waals surface area contributed by atoms with Gasteiger partial charge in [0.05, 0.1) is 30.2 Å². The quantitative estimate of drug-likeness (QED) is 0.733. The van der Waals surface area contributed by atoms with E-state index in [0.29, 0.717) is 43.4 Å². The number of anilines is 2. The van der Waals surface area contributed by atoms with Gasteiger partial charge in [0.15, 0.2) is 0 Å². The number of carbonyl (C=O) groups is 1. The van der Waals surface area contributed by atoms with Crippen LogP contribution in [0.4, 0.5) is 11.5 Å². The smallest absolute Gasteiger partial charge is 0.295 e. The van der Waals surface area contributed by atoms with E-state index in [9.17, 15) is 9.59 Å². The van der Waals surface area contributed by atoms with Crippen LogP contribution in [0.25, 0.3) is 5.69 Å². The van der Waals surface area contributed by atoms with Crippen LogP contribution in [0, 0.1) is 6.92 Å². The fourth-order valence-corrected chi connectivity index (χ4v) is 3.49. The van der Waals surface area contributed by atoms with E-state index in [1.54, 1.807) is 30.1 Å². The SMILES string of the molecule is Cc1c(NC(=O)c2cccnc2N2CCOCC2)c(=O)n(-c2ccccc2)n1C. The van der Waals surface area contributed by atoms with Crippen LogP contribution in [-0.2, 0) is 11.8 Å². The van der Waals surface area contributed by atoms with Crippen molar-refractivity contribution in [1.82, 2.24) is 14.3 Å². The number of hydrogen-bond donors (Lipinski definition) is 1. The highest BCUT2D eigenvalue weighted by Crippen LogP contribution is 2.21. The third-order valence-corrected chi connectivity index (χ3v) is 5.13. The zero-order valence-corrected chi connectivity index (χ0v) is 16.5. The highest BCUT2D eigenvalue weighted by molar-refractivity contribution is 6.07. The van der Waals surface area contributed by atoms with Crippen LogP contribution in [-0.4, -0.2) is 46.6 Å². The molecule has 0 bridgehead atoms. The van der Waals surface area contributed by atoms with Gasteiger partial charge in [-0.1, -0.05) is 18.2 Å². The number of para-hydroxylation sites is 1. The molecule has 1 aromatic carbocycles. The van der Waals surface area contributed by atoms with Crippen molar-refractivity contribution in [2.45, 2.75) is 6.92 Å². The van der Waals surface area contributed by atoms with Crippen molar-refractivity contribution in [2.24, 2.45) is 7.05 Å². The van der Waals surface area contributed by atoms with E-state index in [1.807, 2.05) is 42.2 Å². The maximum atomic E-state index is 13.1. The standard InChI is InChI=1S/C21H23N5O3/c1-15-18(21(28)26(24(15)2)16-7-4-3-5-8-16)23-20(27)17-9-6-10-22-19(17)25-11-13-29-14-12-25/h3-10H,11-14H2,1-2H3,(H,23,27). The molecule has 4 rings (SSSR count). The second-order valence-corrected chi connectivity index (χ2v) is 6.86. The van der Waals surface area contributed by atoms with Gasteiger partial charge in [-0.2, -0.15) is 0 Å². The Bertz CT molecular complexity index is 1080. The van der Waals surface area contributed by atoms with Gasteiger partial charge in [-0.15, -0.1) is 0 Å². The molecule has 0 unspecified atom stereocenters. The molecule has 29 heavy (non-hydrogen) atoms. The summed E-state index contributed by atoms with van der Waals surface area (Å²) in [5.74, 6) is 0.246. The van der Waals surface area contributed by atoms with E-state index in [-0.39, 0.29) is 17.2 Å². The van der Waals surface area contributed by atoms with Gasteiger partial charge < -0.3 is 15.0 Å². The minimum absolute atomic E-state index is 0.262. The Morgan fingerprint density at radius 3 is 2.55 bits per heavy atom. The number of benzene rings is 1. The summed E-state index contributed by atoms with van der Waals surface area (Å²) >= 11 is 0. The third kappa shape index (κ3) is 3.54. The summed E-state index contributed by atoms with van der Waals surface area (Å²) in [5, 5.41) is 2.81. The van der Waals surface area contributed by atoms with Crippen LogP contribution in [0.5, 0.6) is 0 Å². The number of aromatic nitrogens is 3. The molecule has 1 fully saturated rings. The minimum Gasteiger partial charge on any atom is -0.378 e. The average molecular weight is 393 g/mol. The zero-order chi connectivity index (χ0) is 20.4. The van der Waals surface area contributed by atoms with Crippen LogP contribution in [0.2, 0.25) is 0 Å². The predicted octanol–water partition coefficient (Wildman–Crippen LogP) is 1.97. The number of hydrogen-bond acceptors (Lipinski definition) is 5. The molecule has 1 aliphatic heterocycles. The average Bonchev–Trinajstić information content (AvgIpc) is 2.98. The fourth-order valence-electron chi connectivity index (χ4n) is 3.49. The molecular formula is C21H23N5O3. The molecule has 1 saturated heterocycles. The van der Waals surface area contributed by atoms with Gasteiger partial charge in [-0.3, -0.25) is 14.3 Å². The molecule has 1 aliphatic rings. The molecule has 8 heteroatoms. The molecule has 1 amide bonds. The summed E-state index contributed by atoms with van der Waals surface area (Å²) in [7, 11) is 1.79. The highest BCUT2D eigenvalue weighted by Gasteiger charge is 2.23. The lowest BCUT2D eigenvalue weighted by Crippen LogP contribution is -2.38. The highest BCUT2D eigenvalue weighted by atomic mass is 16.5. The van der Waals surface area contributed by atoms with Crippen molar-refractivity contribution in [3.8, 4) is 5.69 Å². The number of morpholine rings is 1.